The van der Waals surface area contributed by atoms with Gasteiger partial charge in [-0.2, -0.15) is 0 Å². The number of aromatic nitrogens is 1. The Kier molecular flexibility index (Phi) is 3.10. The molecule has 2 rings (SSSR count). The highest BCUT2D eigenvalue weighted by Gasteiger charge is 2.00. The first-order valence-electron chi connectivity index (χ1n) is 5.31. The predicted molar refractivity (Wildman–Crippen MR) is 66.3 cm³/mol. The fraction of sp³-hybridized carbons (Fsp3) is 0.0714. The fourth-order valence-electron chi connectivity index (χ4n) is 1.54. The van der Waals surface area contributed by atoms with Gasteiger partial charge in [0, 0.05) is 18.2 Å². The Hall–Kier alpha value is -2.29. The Morgan fingerprint density at radius 2 is 1.82 bits per heavy atom. The van der Waals surface area contributed by atoms with E-state index in [1.54, 1.807) is 6.07 Å². The second-order valence-electron chi connectivity index (χ2n) is 3.82. The molecule has 0 atom stereocenters. The monoisotopic (exact) mass is 228 g/mol. The van der Waals surface area contributed by atoms with Crippen molar-refractivity contribution in [2.24, 2.45) is 7.05 Å². The summed E-state index contributed by atoms with van der Waals surface area (Å²) in [5.41, 5.74) is 1.89. The molecule has 0 aliphatic carbocycles. The quantitative estimate of drug-likeness (QED) is 0.610. The number of phenols is 2. The lowest BCUT2D eigenvalue weighted by Crippen LogP contribution is -2.30. The molecule has 0 amide bonds. The van der Waals surface area contributed by atoms with Gasteiger partial charge in [0.15, 0.2) is 17.7 Å². The molecule has 0 saturated heterocycles. The van der Waals surface area contributed by atoms with Crippen LogP contribution < -0.4 is 4.57 Å². The summed E-state index contributed by atoms with van der Waals surface area (Å²) in [7, 11) is 1.97. The predicted octanol–water partition coefficient (Wildman–Crippen LogP) is 2.09. The molecular formula is C14H14NO2+. The maximum atomic E-state index is 9.36. The van der Waals surface area contributed by atoms with Crippen LogP contribution in [0.25, 0.3) is 12.2 Å². The van der Waals surface area contributed by atoms with E-state index in [1.807, 2.05) is 48.2 Å². The molecule has 1 heterocycles. The Bertz CT molecular complexity index is 562. The van der Waals surface area contributed by atoms with Crippen molar-refractivity contribution in [3.8, 4) is 11.5 Å². The van der Waals surface area contributed by atoms with E-state index in [0.29, 0.717) is 0 Å². The fourth-order valence-corrected chi connectivity index (χ4v) is 1.54. The van der Waals surface area contributed by atoms with E-state index >= 15 is 0 Å². The molecule has 1 aromatic heterocycles. The van der Waals surface area contributed by atoms with Gasteiger partial charge in [-0.3, -0.25) is 0 Å². The number of pyridine rings is 1. The highest BCUT2D eigenvalue weighted by molar-refractivity contribution is 5.68. The van der Waals surface area contributed by atoms with Gasteiger partial charge < -0.3 is 10.2 Å². The van der Waals surface area contributed by atoms with Gasteiger partial charge >= 0.3 is 0 Å². The summed E-state index contributed by atoms with van der Waals surface area (Å²) in [4.78, 5) is 0. The third-order valence-electron chi connectivity index (χ3n) is 2.54. The first kappa shape index (κ1) is 11.2. The van der Waals surface area contributed by atoms with Crippen LogP contribution in [-0.2, 0) is 7.05 Å². The summed E-state index contributed by atoms with van der Waals surface area (Å²) in [6.45, 7) is 0. The summed E-state index contributed by atoms with van der Waals surface area (Å²) in [5.74, 6) is -0.211. The van der Waals surface area contributed by atoms with Gasteiger partial charge in [-0.05, 0) is 29.8 Å². The molecule has 17 heavy (non-hydrogen) atoms. The molecule has 3 nitrogen and oxygen atoms in total. The summed E-state index contributed by atoms with van der Waals surface area (Å²) in [6, 6.07) is 10.7. The molecule has 1 aromatic carbocycles. The Balaban J connectivity index is 2.26. The SMILES string of the molecule is C[n+]1ccccc1C=Cc1ccc(O)c(O)c1. The second kappa shape index (κ2) is 4.70. The van der Waals surface area contributed by atoms with Gasteiger partial charge in [-0.1, -0.05) is 6.07 Å². The van der Waals surface area contributed by atoms with Crippen LogP contribution in [0, 0.1) is 0 Å². The zero-order chi connectivity index (χ0) is 12.3. The van der Waals surface area contributed by atoms with Crippen LogP contribution in [0.1, 0.15) is 11.3 Å². The molecule has 0 saturated carbocycles. The topological polar surface area (TPSA) is 44.3 Å². The Labute approximate surface area is 99.9 Å². The van der Waals surface area contributed by atoms with Crippen LogP contribution >= 0.6 is 0 Å². The first-order chi connectivity index (χ1) is 8.16. The van der Waals surface area contributed by atoms with Crippen LogP contribution in [0.5, 0.6) is 11.5 Å². The van der Waals surface area contributed by atoms with Crippen molar-refractivity contribution in [3.63, 3.8) is 0 Å². The van der Waals surface area contributed by atoms with Crippen molar-refractivity contribution < 1.29 is 14.8 Å². The van der Waals surface area contributed by atoms with Crippen molar-refractivity contribution >= 4 is 12.2 Å². The molecule has 0 radical (unpaired) electrons. The average Bonchev–Trinajstić information content (AvgIpc) is 2.32. The highest BCUT2D eigenvalue weighted by Crippen LogP contribution is 2.25. The van der Waals surface area contributed by atoms with Crippen molar-refractivity contribution in [2.75, 3.05) is 0 Å². The number of phenolic OH excluding ortho intramolecular Hbond substituents is 2. The summed E-state index contributed by atoms with van der Waals surface area (Å²) < 4.78 is 2.00. The third-order valence-corrected chi connectivity index (χ3v) is 2.54. The first-order valence-corrected chi connectivity index (χ1v) is 5.31. The number of nitrogens with zero attached hydrogens (tertiary/aromatic N) is 1. The molecule has 0 bridgehead atoms. The smallest absolute Gasteiger partial charge is 0.204 e. The van der Waals surface area contributed by atoms with Crippen LogP contribution in [0.15, 0.2) is 42.6 Å². The van der Waals surface area contributed by atoms with E-state index in [4.69, 9.17) is 0 Å². The zero-order valence-corrected chi connectivity index (χ0v) is 9.54. The van der Waals surface area contributed by atoms with Crippen LogP contribution in [-0.4, -0.2) is 10.2 Å². The van der Waals surface area contributed by atoms with Crippen LogP contribution in [0.3, 0.4) is 0 Å². The number of rotatable bonds is 2. The molecular weight excluding hydrogens is 214 g/mol. The summed E-state index contributed by atoms with van der Waals surface area (Å²) in [5, 5.41) is 18.6. The molecule has 3 heteroatoms. The van der Waals surface area contributed by atoms with Crippen molar-refractivity contribution in [2.45, 2.75) is 0 Å². The third kappa shape index (κ3) is 2.64. The molecule has 0 fully saturated rings. The van der Waals surface area contributed by atoms with Crippen molar-refractivity contribution in [3.05, 3.63) is 53.9 Å². The maximum Gasteiger partial charge on any atom is 0.204 e. The summed E-state index contributed by atoms with van der Waals surface area (Å²) >= 11 is 0. The molecule has 0 unspecified atom stereocenters. The largest absolute Gasteiger partial charge is 0.504 e. The minimum absolute atomic E-state index is 0.104. The number of hydrogen-bond donors (Lipinski definition) is 2. The van der Waals surface area contributed by atoms with E-state index in [2.05, 4.69) is 0 Å². The molecule has 0 spiro atoms. The number of hydrogen-bond acceptors (Lipinski definition) is 2. The molecule has 0 aliphatic heterocycles. The normalized spacial score (nSPS) is 10.9. The lowest BCUT2D eigenvalue weighted by molar-refractivity contribution is -0.673. The van der Waals surface area contributed by atoms with Crippen LogP contribution in [0.2, 0.25) is 0 Å². The molecule has 2 aromatic rings. The van der Waals surface area contributed by atoms with E-state index in [1.165, 1.54) is 12.1 Å². The van der Waals surface area contributed by atoms with Crippen LogP contribution in [0.4, 0.5) is 0 Å². The lowest BCUT2D eigenvalue weighted by Gasteiger charge is -1.98. The second-order valence-corrected chi connectivity index (χ2v) is 3.82. The van der Waals surface area contributed by atoms with Gasteiger partial charge in [0.2, 0.25) is 5.69 Å². The van der Waals surface area contributed by atoms with E-state index < -0.39 is 0 Å². The number of aryl methyl sites for hydroxylation is 1. The van der Waals surface area contributed by atoms with E-state index in [9.17, 15) is 10.2 Å². The van der Waals surface area contributed by atoms with Gasteiger partial charge in [-0.25, -0.2) is 4.57 Å². The lowest BCUT2D eigenvalue weighted by atomic mass is 10.1. The number of aromatic hydroxyl groups is 2. The standard InChI is InChI=1S/C14H13NO2/c1-15-9-3-2-4-12(15)7-5-11-6-8-13(16)14(17)10-11/h2-10,17H,1H3/p+1. The summed E-state index contributed by atoms with van der Waals surface area (Å²) in [6.07, 6.45) is 5.80. The molecule has 0 aliphatic rings. The molecule has 2 N–H and O–H groups in total. The highest BCUT2D eigenvalue weighted by atomic mass is 16.3. The van der Waals surface area contributed by atoms with Gasteiger partial charge in [0.25, 0.3) is 0 Å². The molecule has 86 valence electrons. The zero-order valence-electron chi connectivity index (χ0n) is 9.54. The number of benzene rings is 1. The van der Waals surface area contributed by atoms with Gasteiger partial charge in [-0.15, -0.1) is 0 Å². The Morgan fingerprint density at radius 1 is 1.00 bits per heavy atom. The van der Waals surface area contributed by atoms with E-state index in [-0.39, 0.29) is 11.5 Å². The van der Waals surface area contributed by atoms with Gasteiger partial charge in [0.1, 0.15) is 7.05 Å². The van der Waals surface area contributed by atoms with Crippen molar-refractivity contribution in [1.82, 2.24) is 0 Å². The average molecular weight is 228 g/mol. The van der Waals surface area contributed by atoms with E-state index in [0.717, 1.165) is 11.3 Å². The minimum Gasteiger partial charge on any atom is -0.504 e. The Morgan fingerprint density at radius 3 is 2.53 bits per heavy atom. The maximum absolute atomic E-state index is 9.36. The van der Waals surface area contributed by atoms with Gasteiger partial charge in [0.05, 0.1) is 0 Å². The minimum atomic E-state index is -0.107. The van der Waals surface area contributed by atoms with Crippen molar-refractivity contribution in [1.29, 1.82) is 0 Å².